The third-order valence-electron chi connectivity index (χ3n) is 6.39. The van der Waals surface area contributed by atoms with Crippen LogP contribution in [-0.2, 0) is 0 Å². The number of aromatic hydroxyl groups is 1. The van der Waals surface area contributed by atoms with E-state index >= 15 is 0 Å². The van der Waals surface area contributed by atoms with Crippen molar-refractivity contribution in [2.75, 3.05) is 32.7 Å². The fourth-order valence-electron chi connectivity index (χ4n) is 4.44. The van der Waals surface area contributed by atoms with E-state index in [0.29, 0.717) is 18.7 Å². The summed E-state index contributed by atoms with van der Waals surface area (Å²) < 4.78 is 2.02. The van der Waals surface area contributed by atoms with Crippen LogP contribution >= 0.6 is 11.6 Å². The minimum atomic E-state index is -0.102. The van der Waals surface area contributed by atoms with Gasteiger partial charge in [0.05, 0.1) is 28.5 Å². The van der Waals surface area contributed by atoms with Gasteiger partial charge in [-0.1, -0.05) is 18.5 Å². The number of amides is 1. The lowest BCUT2D eigenvalue weighted by atomic mass is 10.1. The van der Waals surface area contributed by atoms with Crippen LogP contribution in [0, 0.1) is 0 Å². The van der Waals surface area contributed by atoms with Crippen molar-refractivity contribution in [3.8, 4) is 17.0 Å². The van der Waals surface area contributed by atoms with E-state index in [1.54, 1.807) is 12.4 Å². The van der Waals surface area contributed by atoms with Crippen molar-refractivity contribution >= 4 is 28.5 Å². The number of phenols is 1. The summed E-state index contributed by atoms with van der Waals surface area (Å²) in [6.07, 6.45) is 8.27. The number of hydrogen-bond donors (Lipinski definition) is 2. The number of benzene rings is 1. The molecule has 1 aromatic carbocycles. The van der Waals surface area contributed by atoms with Gasteiger partial charge in [-0.3, -0.25) is 14.4 Å². The van der Waals surface area contributed by atoms with Gasteiger partial charge in [-0.2, -0.15) is 5.10 Å². The minimum absolute atomic E-state index is 0.0518. The average Bonchev–Trinajstić information content (AvgIpc) is 3.52. The molecule has 176 valence electrons. The number of carbonyl (C=O) groups excluding carboxylic acids is 1. The number of hydrogen-bond acceptors (Lipinski definition) is 6. The van der Waals surface area contributed by atoms with Gasteiger partial charge in [0.25, 0.3) is 5.91 Å². The highest BCUT2D eigenvalue weighted by atomic mass is 35.5. The molecule has 34 heavy (non-hydrogen) atoms. The highest BCUT2D eigenvalue weighted by Gasteiger charge is 2.25. The maximum atomic E-state index is 12.9. The molecule has 4 aromatic rings. The second-order valence-electron chi connectivity index (χ2n) is 8.49. The van der Waals surface area contributed by atoms with Crippen molar-refractivity contribution < 1.29 is 9.90 Å². The minimum Gasteiger partial charge on any atom is -0.508 e. The number of rotatable bonds is 6. The van der Waals surface area contributed by atoms with E-state index in [1.807, 2.05) is 28.0 Å². The molecule has 5 rings (SSSR count). The van der Waals surface area contributed by atoms with Gasteiger partial charge in [0.2, 0.25) is 0 Å². The summed E-state index contributed by atoms with van der Waals surface area (Å²) in [6.45, 7) is 5.83. The first-order valence-corrected chi connectivity index (χ1v) is 11.7. The van der Waals surface area contributed by atoms with E-state index in [0.717, 1.165) is 48.3 Å². The zero-order valence-corrected chi connectivity index (χ0v) is 19.6. The number of fused-ring (bicyclic) bond motifs is 1. The number of aromatic nitrogens is 5. The molecule has 9 nitrogen and oxygen atoms in total. The quantitative estimate of drug-likeness (QED) is 0.438. The van der Waals surface area contributed by atoms with Gasteiger partial charge in [-0.25, -0.2) is 9.97 Å². The molecule has 1 unspecified atom stereocenters. The molecule has 0 saturated carbocycles. The van der Waals surface area contributed by atoms with Crippen molar-refractivity contribution in [3.63, 3.8) is 0 Å². The molecule has 1 fully saturated rings. The third kappa shape index (κ3) is 4.36. The van der Waals surface area contributed by atoms with Crippen molar-refractivity contribution in [2.24, 2.45) is 0 Å². The van der Waals surface area contributed by atoms with Crippen LogP contribution in [0.25, 0.3) is 22.3 Å². The van der Waals surface area contributed by atoms with Crippen LogP contribution in [0.15, 0.2) is 49.2 Å². The molecule has 0 radical (unpaired) electrons. The number of phenolic OH excluding ortho intramolecular Hbond substituents is 1. The molecule has 1 amide bonds. The van der Waals surface area contributed by atoms with Crippen LogP contribution < -0.4 is 0 Å². The monoisotopic (exact) mass is 479 g/mol. The molecular formula is C24H26ClN7O2. The Kier molecular flexibility index (Phi) is 6.21. The Bertz CT molecular complexity index is 1310. The van der Waals surface area contributed by atoms with Crippen LogP contribution in [0.4, 0.5) is 0 Å². The number of carbonyl (C=O) groups is 1. The van der Waals surface area contributed by atoms with Crippen LogP contribution in [0.2, 0.25) is 5.02 Å². The number of aromatic amines is 1. The lowest BCUT2D eigenvalue weighted by Crippen LogP contribution is -2.50. The van der Waals surface area contributed by atoms with Gasteiger partial charge in [-0.15, -0.1) is 0 Å². The Morgan fingerprint density at radius 1 is 1.21 bits per heavy atom. The largest absolute Gasteiger partial charge is 0.508 e. The maximum absolute atomic E-state index is 12.9. The first kappa shape index (κ1) is 22.4. The summed E-state index contributed by atoms with van der Waals surface area (Å²) in [7, 11) is 0. The summed E-state index contributed by atoms with van der Waals surface area (Å²) in [5.74, 6) is -0.0506. The van der Waals surface area contributed by atoms with Crippen molar-refractivity contribution in [2.45, 2.75) is 19.4 Å². The molecule has 1 aliphatic rings. The van der Waals surface area contributed by atoms with Crippen molar-refractivity contribution in [3.05, 3.63) is 59.8 Å². The number of nitrogens with zero attached hydrogens (tertiary/aromatic N) is 6. The highest BCUT2D eigenvalue weighted by Crippen LogP contribution is 2.26. The van der Waals surface area contributed by atoms with Crippen LogP contribution in [-0.4, -0.2) is 78.3 Å². The molecule has 1 atom stereocenters. The highest BCUT2D eigenvalue weighted by molar-refractivity contribution is 6.34. The molecule has 0 spiro atoms. The molecule has 1 saturated heterocycles. The van der Waals surface area contributed by atoms with Gasteiger partial charge >= 0.3 is 0 Å². The molecular weight excluding hydrogens is 454 g/mol. The van der Waals surface area contributed by atoms with Crippen LogP contribution in [0.3, 0.4) is 0 Å². The summed E-state index contributed by atoms with van der Waals surface area (Å²) in [6, 6.07) is 6.66. The first-order chi connectivity index (χ1) is 16.5. The molecule has 1 aliphatic heterocycles. The van der Waals surface area contributed by atoms with E-state index in [1.165, 1.54) is 12.1 Å². The molecule has 4 heterocycles. The SMILES string of the molecule is CCC(CN1CCN(C(=O)c2ccc(O)cc2Cl)CC1)n1cc(-c2ncnc3[nH]ccc23)cn1. The number of nitrogens with one attached hydrogen (secondary N) is 1. The number of halogens is 1. The fourth-order valence-corrected chi connectivity index (χ4v) is 4.70. The normalized spacial score (nSPS) is 15.6. The Hall–Kier alpha value is -3.43. The summed E-state index contributed by atoms with van der Waals surface area (Å²) in [5, 5.41) is 15.4. The van der Waals surface area contributed by atoms with E-state index in [4.69, 9.17) is 11.6 Å². The molecule has 2 N–H and O–H groups in total. The summed E-state index contributed by atoms with van der Waals surface area (Å²) in [5.41, 5.74) is 3.06. The molecule has 10 heteroatoms. The van der Waals surface area contributed by atoms with E-state index in [-0.39, 0.29) is 22.7 Å². The number of H-pyrrole nitrogens is 1. The Morgan fingerprint density at radius 3 is 2.79 bits per heavy atom. The summed E-state index contributed by atoms with van der Waals surface area (Å²) in [4.78, 5) is 28.9. The number of piperazine rings is 1. The zero-order chi connectivity index (χ0) is 23.7. The third-order valence-corrected chi connectivity index (χ3v) is 6.70. The Balaban J connectivity index is 1.23. The second-order valence-corrected chi connectivity index (χ2v) is 8.90. The predicted molar refractivity (Wildman–Crippen MR) is 130 cm³/mol. The molecule has 3 aromatic heterocycles. The molecule has 0 bridgehead atoms. The van der Waals surface area contributed by atoms with Gasteiger partial charge in [0, 0.05) is 56.1 Å². The Morgan fingerprint density at radius 2 is 2.03 bits per heavy atom. The fraction of sp³-hybridized carbons (Fsp3) is 0.333. The lowest BCUT2D eigenvalue weighted by Gasteiger charge is -2.36. The van der Waals surface area contributed by atoms with Gasteiger partial charge in [-0.05, 0) is 30.7 Å². The van der Waals surface area contributed by atoms with Gasteiger partial charge < -0.3 is 15.0 Å². The molecule has 0 aliphatic carbocycles. The average molecular weight is 480 g/mol. The zero-order valence-electron chi connectivity index (χ0n) is 18.9. The van der Waals surface area contributed by atoms with E-state index < -0.39 is 0 Å². The van der Waals surface area contributed by atoms with Crippen molar-refractivity contribution in [1.29, 1.82) is 0 Å². The van der Waals surface area contributed by atoms with Crippen LogP contribution in [0.1, 0.15) is 29.7 Å². The predicted octanol–water partition coefficient (Wildman–Crippen LogP) is 3.59. The van der Waals surface area contributed by atoms with Gasteiger partial charge in [0.1, 0.15) is 17.7 Å². The van der Waals surface area contributed by atoms with Crippen LogP contribution in [0.5, 0.6) is 5.75 Å². The topological polar surface area (TPSA) is 103 Å². The van der Waals surface area contributed by atoms with Crippen molar-refractivity contribution in [1.82, 2.24) is 34.5 Å². The smallest absolute Gasteiger partial charge is 0.255 e. The van der Waals surface area contributed by atoms with E-state index in [9.17, 15) is 9.90 Å². The van der Waals surface area contributed by atoms with Gasteiger partial charge in [0.15, 0.2) is 0 Å². The second kappa shape index (κ2) is 9.44. The maximum Gasteiger partial charge on any atom is 0.255 e. The standard InChI is InChI=1S/C24H26ClN7O2/c1-2-17(32-13-16(12-29-32)22-20-5-6-26-23(20)28-15-27-22)14-30-7-9-31(10-8-30)24(34)19-4-3-18(33)11-21(19)25/h3-6,11-13,15,17,33H,2,7-10,14H2,1H3,(H,26,27,28). The first-order valence-electron chi connectivity index (χ1n) is 11.4. The van der Waals surface area contributed by atoms with E-state index in [2.05, 4.69) is 38.1 Å². The summed E-state index contributed by atoms with van der Waals surface area (Å²) >= 11 is 6.16. The lowest BCUT2D eigenvalue weighted by molar-refractivity contribution is 0.0615. The Labute approximate surface area is 202 Å².